The molecule has 0 fully saturated rings. The summed E-state index contributed by atoms with van der Waals surface area (Å²) < 4.78 is 83.6. The molecule has 0 aliphatic heterocycles. The van der Waals surface area contributed by atoms with Gasteiger partial charge in [0, 0.05) is 41.7 Å². The molecular weight excluding hydrogens is 426 g/mol. The number of carbonyl (C=O) groups is 1. The molecule has 4 nitrogen and oxygen atoms in total. The van der Waals surface area contributed by atoms with Crippen LogP contribution in [-0.2, 0) is 0 Å². The minimum Gasteiger partial charge on any atom is -0.423 e. The number of aromatic nitrogens is 2. The van der Waals surface area contributed by atoms with E-state index in [1.807, 2.05) is 0 Å². The van der Waals surface area contributed by atoms with E-state index in [0.29, 0.717) is 12.1 Å². The minimum atomic E-state index is -4.77. The third-order valence-corrected chi connectivity index (χ3v) is 3.93. The summed E-state index contributed by atoms with van der Waals surface area (Å²) in [6, 6.07) is 4.47. The van der Waals surface area contributed by atoms with E-state index in [9.17, 15) is 31.1 Å². The number of nitrogens with zero attached hydrogens (tertiary/aromatic N) is 2. The fraction of sp³-hybridized carbons (Fsp3) is 0.0952. The molecule has 0 saturated carbocycles. The van der Waals surface area contributed by atoms with Crippen LogP contribution in [0.4, 0.5) is 26.3 Å². The van der Waals surface area contributed by atoms with E-state index in [1.165, 1.54) is 18.5 Å². The van der Waals surface area contributed by atoms with Crippen LogP contribution in [-0.4, -0.2) is 22.1 Å². The normalized spacial score (nSPS) is 11.7. The summed E-state index contributed by atoms with van der Waals surface area (Å²) in [5.41, 5.74) is -0.417. The van der Waals surface area contributed by atoms with Gasteiger partial charge in [-0.3, -0.25) is 0 Å². The number of aryl methyl sites for hydroxylation is 1. The minimum absolute atomic E-state index is 0.210. The molecule has 0 unspecified atom stereocenters. The first kappa shape index (κ1) is 22.0. The fourth-order valence-electron chi connectivity index (χ4n) is 2.48. The molecular formula is C21H12F6N2O2. The van der Waals surface area contributed by atoms with Crippen LogP contribution in [0.3, 0.4) is 0 Å². The quantitative estimate of drug-likeness (QED) is 0.300. The van der Waals surface area contributed by atoms with E-state index in [0.717, 1.165) is 17.7 Å². The number of carbonyl (C=O) groups excluding carboxylic acids is 1. The van der Waals surface area contributed by atoms with Crippen molar-refractivity contribution in [2.24, 2.45) is 0 Å². The van der Waals surface area contributed by atoms with Gasteiger partial charge in [-0.05, 0) is 30.7 Å². The van der Waals surface area contributed by atoms with Gasteiger partial charge in [0.1, 0.15) is 23.2 Å². The monoisotopic (exact) mass is 438 g/mol. The Labute approximate surface area is 171 Å². The Morgan fingerprint density at radius 2 is 1.58 bits per heavy atom. The number of ether oxygens (including phenoxy) is 1. The maximum absolute atomic E-state index is 14.4. The molecule has 0 bridgehead atoms. The van der Waals surface area contributed by atoms with E-state index in [4.69, 9.17) is 4.74 Å². The van der Waals surface area contributed by atoms with E-state index < -0.39 is 46.5 Å². The van der Waals surface area contributed by atoms with Crippen molar-refractivity contribution in [1.82, 2.24) is 9.97 Å². The molecule has 0 N–H and O–H groups in total. The molecule has 10 heteroatoms. The third-order valence-electron chi connectivity index (χ3n) is 3.93. The highest BCUT2D eigenvalue weighted by Crippen LogP contribution is 2.26. The van der Waals surface area contributed by atoms with Crippen molar-refractivity contribution in [2.45, 2.75) is 13.1 Å². The molecule has 0 aliphatic rings. The summed E-state index contributed by atoms with van der Waals surface area (Å²) in [4.78, 5) is 20.3. The van der Waals surface area contributed by atoms with Gasteiger partial charge in [0.2, 0.25) is 0 Å². The molecule has 0 amide bonds. The van der Waals surface area contributed by atoms with Crippen LogP contribution in [0.15, 0.2) is 48.8 Å². The second-order valence-corrected chi connectivity index (χ2v) is 6.34. The Hall–Kier alpha value is -3.69. The highest BCUT2D eigenvalue weighted by atomic mass is 19.4. The Kier molecular flexibility index (Phi) is 6.09. The highest BCUT2D eigenvalue weighted by Gasteiger charge is 2.23. The molecule has 1 heterocycles. The number of halogens is 6. The summed E-state index contributed by atoms with van der Waals surface area (Å²) in [6.07, 6.45) is -1.84. The molecule has 0 aliphatic carbocycles. The summed E-state index contributed by atoms with van der Waals surface area (Å²) in [7, 11) is 0. The highest BCUT2D eigenvalue weighted by molar-refractivity contribution is 5.92. The van der Waals surface area contributed by atoms with Gasteiger partial charge in [-0.25, -0.2) is 27.9 Å². The first-order valence-corrected chi connectivity index (χ1v) is 8.59. The molecule has 0 saturated heterocycles. The van der Waals surface area contributed by atoms with E-state index >= 15 is 0 Å². The maximum atomic E-state index is 14.4. The lowest BCUT2D eigenvalue weighted by molar-refractivity contribution is -0.0790. The van der Waals surface area contributed by atoms with E-state index in [-0.39, 0.29) is 23.5 Å². The summed E-state index contributed by atoms with van der Waals surface area (Å²) in [6.45, 7) is 1.77. The van der Waals surface area contributed by atoms with Crippen LogP contribution in [0.1, 0.15) is 21.5 Å². The Morgan fingerprint density at radius 1 is 0.968 bits per heavy atom. The average molecular weight is 438 g/mol. The van der Waals surface area contributed by atoms with Gasteiger partial charge in [-0.2, -0.15) is 13.2 Å². The van der Waals surface area contributed by atoms with Crippen molar-refractivity contribution in [3.63, 3.8) is 0 Å². The molecule has 0 atom stereocenters. The summed E-state index contributed by atoms with van der Waals surface area (Å²) in [5, 5.41) is 0. The molecule has 1 aromatic heterocycles. The molecule has 3 aromatic rings. The lowest BCUT2D eigenvalue weighted by Gasteiger charge is -2.09. The van der Waals surface area contributed by atoms with Crippen LogP contribution >= 0.6 is 0 Å². The summed E-state index contributed by atoms with van der Waals surface area (Å²) in [5.74, 6) is -5.46. The van der Waals surface area contributed by atoms with Crippen molar-refractivity contribution < 1.29 is 35.9 Å². The zero-order chi connectivity index (χ0) is 22.8. The zero-order valence-corrected chi connectivity index (χ0v) is 15.7. The van der Waals surface area contributed by atoms with Gasteiger partial charge < -0.3 is 4.74 Å². The molecule has 0 radical (unpaired) electrons. The number of alkyl halides is 3. The van der Waals surface area contributed by atoms with Gasteiger partial charge in [0.05, 0.1) is 5.56 Å². The van der Waals surface area contributed by atoms with Crippen LogP contribution in [0.5, 0.6) is 5.75 Å². The SMILES string of the molecule is Cc1cnc(-c2ccc(C(=O)Oc3cc(F)c(/C=C/C(F)(F)F)c(F)c3)c(F)c2)nc1. The first-order chi connectivity index (χ1) is 14.5. The smallest absolute Gasteiger partial charge is 0.409 e. The lowest BCUT2D eigenvalue weighted by Crippen LogP contribution is -2.11. The van der Waals surface area contributed by atoms with Gasteiger partial charge >= 0.3 is 12.1 Å². The van der Waals surface area contributed by atoms with Gasteiger partial charge in [0.15, 0.2) is 5.82 Å². The van der Waals surface area contributed by atoms with Crippen LogP contribution < -0.4 is 4.74 Å². The van der Waals surface area contributed by atoms with Crippen LogP contribution in [0, 0.1) is 24.4 Å². The number of rotatable bonds is 4. The second-order valence-electron chi connectivity index (χ2n) is 6.34. The van der Waals surface area contributed by atoms with Crippen LogP contribution in [0.25, 0.3) is 17.5 Å². The van der Waals surface area contributed by atoms with Crippen LogP contribution in [0.2, 0.25) is 0 Å². The van der Waals surface area contributed by atoms with Gasteiger partial charge in [-0.15, -0.1) is 0 Å². The standard InChI is InChI=1S/C21H12F6N2O2/c1-11-9-28-19(29-10-11)12-2-3-15(16(22)6-12)20(30)31-13-7-17(23)14(18(24)8-13)4-5-21(25,26)27/h2-10H,1H3/b5-4+. The number of hydrogen-bond acceptors (Lipinski definition) is 4. The van der Waals surface area contributed by atoms with Crippen molar-refractivity contribution >= 4 is 12.0 Å². The van der Waals surface area contributed by atoms with Crippen molar-refractivity contribution in [1.29, 1.82) is 0 Å². The summed E-state index contributed by atoms with van der Waals surface area (Å²) >= 11 is 0. The molecule has 31 heavy (non-hydrogen) atoms. The molecule has 2 aromatic carbocycles. The Morgan fingerprint density at radius 3 is 2.13 bits per heavy atom. The predicted molar refractivity (Wildman–Crippen MR) is 98.6 cm³/mol. The maximum Gasteiger partial charge on any atom is 0.409 e. The molecule has 0 spiro atoms. The second kappa shape index (κ2) is 8.58. The van der Waals surface area contributed by atoms with Gasteiger partial charge in [-0.1, -0.05) is 6.07 Å². The Bertz CT molecular complexity index is 1130. The van der Waals surface area contributed by atoms with E-state index in [2.05, 4.69) is 9.97 Å². The fourth-order valence-corrected chi connectivity index (χ4v) is 2.48. The number of allylic oxidation sites excluding steroid dienone is 1. The average Bonchev–Trinajstić information content (AvgIpc) is 2.66. The van der Waals surface area contributed by atoms with E-state index in [1.54, 1.807) is 6.92 Å². The first-order valence-electron chi connectivity index (χ1n) is 8.59. The zero-order valence-electron chi connectivity index (χ0n) is 15.7. The molecule has 3 rings (SSSR count). The van der Waals surface area contributed by atoms with Crippen molar-refractivity contribution in [2.75, 3.05) is 0 Å². The predicted octanol–water partition coefficient (Wildman–Crippen LogP) is 5.66. The third kappa shape index (κ3) is 5.47. The van der Waals surface area contributed by atoms with Crippen molar-refractivity contribution in [3.05, 3.63) is 82.9 Å². The topological polar surface area (TPSA) is 52.1 Å². The van der Waals surface area contributed by atoms with Crippen molar-refractivity contribution in [3.8, 4) is 17.1 Å². The largest absolute Gasteiger partial charge is 0.423 e. The number of hydrogen-bond donors (Lipinski definition) is 0. The Balaban J connectivity index is 1.81. The number of benzene rings is 2. The lowest BCUT2D eigenvalue weighted by atomic mass is 10.1. The number of esters is 1. The van der Waals surface area contributed by atoms with Gasteiger partial charge in [0.25, 0.3) is 0 Å². The molecule has 160 valence electrons.